The van der Waals surface area contributed by atoms with Gasteiger partial charge in [-0.3, -0.25) is 9.20 Å². The van der Waals surface area contributed by atoms with Crippen molar-refractivity contribution >= 4 is 29.1 Å². The Bertz CT molecular complexity index is 1020. The minimum absolute atomic E-state index is 0.0108. The van der Waals surface area contributed by atoms with Crippen LogP contribution >= 0.6 is 11.6 Å². The molecular weight excluding hydrogens is 385 g/mol. The minimum Gasteiger partial charge on any atom is -0.494 e. The van der Waals surface area contributed by atoms with E-state index in [0.717, 1.165) is 37.5 Å². The standard InChI is InChI=1S/C19H19ClFN5O2/c1-28-16-4-2-12(10-15(16)21)18(27)22-14-6-8-25(9-7-14)19-24-23-17-5-3-13(20)11-26(17)19/h2-5,10-11,14H,6-9H2,1H3,(H,22,27). The van der Waals surface area contributed by atoms with Gasteiger partial charge in [-0.05, 0) is 43.2 Å². The molecule has 1 aromatic carbocycles. The number of anilines is 1. The number of pyridine rings is 1. The Balaban J connectivity index is 1.39. The Kier molecular flexibility index (Phi) is 5.04. The fourth-order valence-corrected chi connectivity index (χ4v) is 3.53. The largest absolute Gasteiger partial charge is 0.494 e. The summed E-state index contributed by atoms with van der Waals surface area (Å²) >= 11 is 6.08. The van der Waals surface area contributed by atoms with Crippen molar-refractivity contribution < 1.29 is 13.9 Å². The van der Waals surface area contributed by atoms with Gasteiger partial charge >= 0.3 is 0 Å². The second-order valence-electron chi connectivity index (χ2n) is 6.66. The zero-order valence-electron chi connectivity index (χ0n) is 15.2. The molecule has 0 spiro atoms. The van der Waals surface area contributed by atoms with Crippen molar-refractivity contribution in [1.29, 1.82) is 0 Å². The maximum absolute atomic E-state index is 13.8. The average molecular weight is 404 g/mol. The second-order valence-corrected chi connectivity index (χ2v) is 7.10. The van der Waals surface area contributed by atoms with E-state index in [1.54, 1.807) is 18.3 Å². The number of carbonyl (C=O) groups excluding carboxylic acids is 1. The smallest absolute Gasteiger partial charge is 0.251 e. The predicted octanol–water partition coefficient (Wildman–Crippen LogP) is 2.93. The molecule has 1 saturated heterocycles. The van der Waals surface area contributed by atoms with Crippen molar-refractivity contribution in [3.05, 3.63) is 52.9 Å². The molecule has 9 heteroatoms. The Hall–Kier alpha value is -2.87. The normalized spacial score (nSPS) is 15.0. The summed E-state index contributed by atoms with van der Waals surface area (Å²) in [5, 5.41) is 12.0. The molecule has 0 unspecified atom stereocenters. The van der Waals surface area contributed by atoms with Crippen molar-refractivity contribution in [2.24, 2.45) is 0 Å². The summed E-state index contributed by atoms with van der Waals surface area (Å²) in [6.45, 7) is 1.43. The monoisotopic (exact) mass is 403 g/mol. The van der Waals surface area contributed by atoms with Gasteiger partial charge in [-0.2, -0.15) is 0 Å². The van der Waals surface area contributed by atoms with E-state index in [1.807, 2.05) is 10.5 Å². The first kappa shape index (κ1) is 18.5. The molecule has 0 radical (unpaired) electrons. The van der Waals surface area contributed by atoms with Gasteiger partial charge in [-0.25, -0.2) is 4.39 Å². The van der Waals surface area contributed by atoms with Crippen LogP contribution in [0.1, 0.15) is 23.2 Å². The van der Waals surface area contributed by atoms with Gasteiger partial charge in [0.05, 0.1) is 12.1 Å². The molecule has 7 nitrogen and oxygen atoms in total. The summed E-state index contributed by atoms with van der Waals surface area (Å²) < 4.78 is 20.6. The molecule has 1 N–H and O–H groups in total. The van der Waals surface area contributed by atoms with Gasteiger partial charge in [-0.15, -0.1) is 10.2 Å². The van der Waals surface area contributed by atoms with E-state index in [-0.39, 0.29) is 23.3 Å². The van der Waals surface area contributed by atoms with Crippen molar-refractivity contribution in [2.45, 2.75) is 18.9 Å². The number of methoxy groups -OCH3 is 1. The molecule has 1 aliphatic rings. The Labute approximate surface area is 166 Å². The lowest BCUT2D eigenvalue weighted by Crippen LogP contribution is -2.45. The number of nitrogens with one attached hydrogen (secondary N) is 1. The number of carbonyl (C=O) groups is 1. The molecule has 1 amide bonds. The molecule has 4 rings (SSSR count). The molecule has 0 aliphatic carbocycles. The fraction of sp³-hybridized carbons (Fsp3) is 0.316. The fourth-order valence-electron chi connectivity index (χ4n) is 3.37. The number of hydrogen-bond donors (Lipinski definition) is 1. The van der Waals surface area contributed by atoms with Crippen LogP contribution in [0.4, 0.5) is 10.3 Å². The summed E-state index contributed by atoms with van der Waals surface area (Å²) in [7, 11) is 1.39. The zero-order valence-corrected chi connectivity index (χ0v) is 16.0. The molecule has 3 aromatic rings. The lowest BCUT2D eigenvalue weighted by Gasteiger charge is -2.32. The van der Waals surface area contributed by atoms with E-state index >= 15 is 0 Å². The van der Waals surface area contributed by atoms with Gasteiger partial charge in [0.25, 0.3) is 5.91 Å². The number of ether oxygens (including phenoxy) is 1. The third-order valence-corrected chi connectivity index (χ3v) is 5.10. The van der Waals surface area contributed by atoms with Gasteiger partial charge in [0.15, 0.2) is 17.2 Å². The highest BCUT2D eigenvalue weighted by Crippen LogP contribution is 2.22. The van der Waals surface area contributed by atoms with Crippen LogP contribution in [0.5, 0.6) is 5.75 Å². The minimum atomic E-state index is -0.553. The number of benzene rings is 1. The maximum Gasteiger partial charge on any atom is 0.251 e. The van der Waals surface area contributed by atoms with Crippen LogP contribution < -0.4 is 15.0 Å². The van der Waals surface area contributed by atoms with Crippen LogP contribution in [-0.4, -0.2) is 46.7 Å². The highest BCUT2D eigenvalue weighted by atomic mass is 35.5. The van der Waals surface area contributed by atoms with Gasteiger partial charge < -0.3 is 15.0 Å². The molecule has 28 heavy (non-hydrogen) atoms. The first-order valence-corrected chi connectivity index (χ1v) is 9.32. The van der Waals surface area contributed by atoms with Crippen LogP contribution in [0, 0.1) is 5.82 Å². The molecule has 146 valence electrons. The molecule has 1 aliphatic heterocycles. The first-order valence-electron chi connectivity index (χ1n) is 8.95. The third kappa shape index (κ3) is 3.60. The van der Waals surface area contributed by atoms with Crippen LogP contribution in [0.3, 0.4) is 0 Å². The van der Waals surface area contributed by atoms with Crippen molar-refractivity contribution in [1.82, 2.24) is 19.9 Å². The topological polar surface area (TPSA) is 71.8 Å². The third-order valence-electron chi connectivity index (χ3n) is 4.88. The quantitative estimate of drug-likeness (QED) is 0.725. The summed E-state index contributed by atoms with van der Waals surface area (Å²) in [5.74, 6) is 0.00650. The number of nitrogens with zero attached hydrogens (tertiary/aromatic N) is 4. The van der Waals surface area contributed by atoms with E-state index in [2.05, 4.69) is 20.4 Å². The molecule has 0 atom stereocenters. The summed E-state index contributed by atoms with van der Waals surface area (Å²) in [6, 6.07) is 7.80. The van der Waals surface area contributed by atoms with Gasteiger partial charge in [0.2, 0.25) is 5.95 Å². The molecular formula is C19H19ClFN5O2. The Morgan fingerprint density at radius 3 is 2.75 bits per heavy atom. The van der Waals surface area contributed by atoms with Crippen molar-refractivity contribution in [3.8, 4) is 5.75 Å². The van der Waals surface area contributed by atoms with Crippen molar-refractivity contribution in [3.63, 3.8) is 0 Å². The lowest BCUT2D eigenvalue weighted by atomic mass is 10.0. The Morgan fingerprint density at radius 2 is 2.04 bits per heavy atom. The molecule has 3 heterocycles. The second kappa shape index (κ2) is 7.63. The zero-order chi connectivity index (χ0) is 19.7. The number of hydrogen-bond acceptors (Lipinski definition) is 5. The van der Waals surface area contributed by atoms with Crippen LogP contribution in [0.25, 0.3) is 5.65 Å². The van der Waals surface area contributed by atoms with E-state index in [1.165, 1.54) is 19.2 Å². The summed E-state index contributed by atoms with van der Waals surface area (Å²) in [4.78, 5) is 14.5. The summed E-state index contributed by atoms with van der Waals surface area (Å²) in [5.41, 5.74) is 1.01. The number of piperidine rings is 1. The molecule has 2 aromatic heterocycles. The highest BCUT2D eigenvalue weighted by Gasteiger charge is 2.24. The van der Waals surface area contributed by atoms with Crippen LogP contribution in [-0.2, 0) is 0 Å². The molecule has 0 bridgehead atoms. The number of amides is 1. The van der Waals surface area contributed by atoms with Crippen LogP contribution in [0.2, 0.25) is 5.02 Å². The predicted molar refractivity (Wildman–Crippen MR) is 104 cm³/mol. The van der Waals surface area contributed by atoms with Crippen LogP contribution in [0.15, 0.2) is 36.5 Å². The van der Waals surface area contributed by atoms with E-state index in [4.69, 9.17) is 16.3 Å². The average Bonchev–Trinajstić information content (AvgIpc) is 3.11. The van der Waals surface area contributed by atoms with Gasteiger partial charge in [0.1, 0.15) is 0 Å². The van der Waals surface area contributed by atoms with E-state index in [9.17, 15) is 9.18 Å². The van der Waals surface area contributed by atoms with Crippen molar-refractivity contribution in [2.75, 3.05) is 25.1 Å². The number of aromatic nitrogens is 3. The highest BCUT2D eigenvalue weighted by molar-refractivity contribution is 6.30. The summed E-state index contributed by atoms with van der Waals surface area (Å²) in [6.07, 6.45) is 3.29. The maximum atomic E-state index is 13.8. The number of halogens is 2. The SMILES string of the molecule is COc1ccc(C(=O)NC2CCN(c3nnc4ccc(Cl)cn34)CC2)cc1F. The number of fused-ring (bicyclic) bond motifs is 1. The van der Waals surface area contributed by atoms with E-state index in [0.29, 0.717) is 5.02 Å². The van der Waals surface area contributed by atoms with Gasteiger partial charge in [-0.1, -0.05) is 11.6 Å². The first-order chi connectivity index (χ1) is 13.5. The van der Waals surface area contributed by atoms with E-state index < -0.39 is 5.82 Å². The number of rotatable bonds is 4. The molecule has 0 saturated carbocycles. The van der Waals surface area contributed by atoms with Gasteiger partial charge in [0, 0.05) is 30.9 Å². The Morgan fingerprint density at radius 1 is 1.25 bits per heavy atom. The lowest BCUT2D eigenvalue weighted by molar-refractivity contribution is 0.0930. The molecule has 1 fully saturated rings.